The van der Waals surface area contributed by atoms with Gasteiger partial charge in [-0.3, -0.25) is 14.4 Å². The molecule has 3 aromatic rings. The highest BCUT2D eigenvalue weighted by Gasteiger charge is 2.40. The molecule has 0 bridgehead atoms. The molecule has 3 aromatic carbocycles. The van der Waals surface area contributed by atoms with Crippen molar-refractivity contribution in [2.75, 3.05) is 21.7 Å². The summed E-state index contributed by atoms with van der Waals surface area (Å²) in [6.07, 6.45) is 0. The van der Waals surface area contributed by atoms with Crippen molar-refractivity contribution in [1.82, 2.24) is 0 Å². The second-order valence-corrected chi connectivity index (χ2v) is 8.54. The Morgan fingerprint density at radius 2 is 1.59 bits per heavy atom. The number of hydrogen-bond acceptors (Lipinski definition) is 4. The summed E-state index contributed by atoms with van der Waals surface area (Å²) in [4.78, 5) is 41.2. The van der Waals surface area contributed by atoms with Crippen LogP contribution >= 0.6 is 34.8 Å². The van der Waals surface area contributed by atoms with Gasteiger partial charge < -0.3 is 10.2 Å². The van der Waals surface area contributed by atoms with Gasteiger partial charge in [0.05, 0.1) is 10.7 Å². The third-order valence-corrected chi connectivity index (χ3v) is 6.11. The molecule has 1 N–H and O–H groups in total. The van der Waals surface area contributed by atoms with Crippen LogP contribution in [0.5, 0.6) is 0 Å². The maximum Gasteiger partial charge on any atom is 0.283 e. The molecule has 3 amide bonds. The van der Waals surface area contributed by atoms with Crippen LogP contribution in [-0.2, 0) is 9.59 Å². The number of para-hydroxylation sites is 1. The van der Waals surface area contributed by atoms with Gasteiger partial charge in [0.25, 0.3) is 17.7 Å². The van der Waals surface area contributed by atoms with Gasteiger partial charge in [0, 0.05) is 28.5 Å². The van der Waals surface area contributed by atoms with E-state index in [1.165, 1.54) is 12.1 Å². The molecule has 9 heteroatoms. The van der Waals surface area contributed by atoms with Crippen molar-refractivity contribution in [2.24, 2.45) is 0 Å². The van der Waals surface area contributed by atoms with Crippen LogP contribution in [0.1, 0.15) is 17.3 Å². The third-order valence-electron chi connectivity index (χ3n) is 5.21. The Kier molecular flexibility index (Phi) is 6.93. The molecule has 1 heterocycles. The van der Waals surface area contributed by atoms with Gasteiger partial charge in [-0.2, -0.15) is 0 Å². The number of carbonyl (C=O) groups excluding carboxylic acids is 3. The van der Waals surface area contributed by atoms with E-state index >= 15 is 0 Å². The second kappa shape index (κ2) is 9.89. The summed E-state index contributed by atoms with van der Waals surface area (Å²) in [5.74, 6) is -1.54. The molecule has 0 spiro atoms. The third kappa shape index (κ3) is 4.53. The average Bonchev–Trinajstić information content (AvgIpc) is 3.05. The first-order chi connectivity index (χ1) is 16.3. The SMILES string of the molecule is CCN(C(=O)c1ccc(NC2=C(Cl)C(=O)N(c3cc(Cl)ccc3Cl)C2=O)cc1)c1ccccc1. The lowest BCUT2D eigenvalue weighted by atomic mass is 10.1. The van der Waals surface area contributed by atoms with E-state index in [0.29, 0.717) is 22.8 Å². The fraction of sp³-hybridized carbons (Fsp3) is 0.0800. The topological polar surface area (TPSA) is 69.7 Å². The summed E-state index contributed by atoms with van der Waals surface area (Å²) >= 11 is 18.4. The molecule has 0 unspecified atom stereocenters. The number of rotatable bonds is 6. The van der Waals surface area contributed by atoms with Crippen LogP contribution in [0.15, 0.2) is 83.5 Å². The molecule has 0 saturated carbocycles. The molecule has 1 aliphatic heterocycles. The zero-order chi connectivity index (χ0) is 24.4. The number of amides is 3. The van der Waals surface area contributed by atoms with Gasteiger partial charge in [-0.25, -0.2) is 4.90 Å². The number of imide groups is 1. The minimum Gasteiger partial charge on any atom is -0.350 e. The van der Waals surface area contributed by atoms with Gasteiger partial charge >= 0.3 is 0 Å². The van der Waals surface area contributed by atoms with E-state index in [0.717, 1.165) is 10.6 Å². The van der Waals surface area contributed by atoms with Crippen molar-refractivity contribution in [3.63, 3.8) is 0 Å². The fourth-order valence-corrected chi connectivity index (χ4v) is 4.12. The van der Waals surface area contributed by atoms with E-state index in [1.807, 2.05) is 37.3 Å². The van der Waals surface area contributed by atoms with E-state index in [-0.39, 0.29) is 27.3 Å². The van der Waals surface area contributed by atoms with E-state index in [1.54, 1.807) is 35.2 Å². The normalized spacial score (nSPS) is 13.5. The highest BCUT2D eigenvalue weighted by molar-refractivity contribution is 6.54. The number of halogens is 3. The molecule has 0 saturated heterocycles. The molecule has 0 radical (unpaired) electrons. The quantitative estimate of drug-likeness (QED) is 0.404. The minimum absolute atomic E-state index is 0.0961. The molecule has 172 valence electrons. The summed E-state index contributed by atoms with van der Waals surface area (Å²) in [5, 5.41) is 3.10. The molecule has 1 aliphatic rings. The Labute approximate surface area is 211 Å². The van der Waals surface area contributed by atoms with Gasteiger partial charge in [-0.05, 0) is 61.5 Å². The Hall–Kier alpha value is -3.32. The predicted octanol–water partition coefficient (Wildman–Crippen LogP) is 6.10. The van der Waals surface area contributed by atoms with Crippen LogP contribution in [0.2, 0.25) is 10.0 Å². The number of nitrogens with one attached hydrogen (secondary N) is 1. The lowest BCUT2D eigenvalue weighted by Crippen LogP contribution is -2.32. The van der Waals surface area contributed by atoms with Gasteiger partial charge in [-0.1, -0.05) is 53.0 Å². The lowest BCUT2D eigenvalue weighted by Gasteiger charge is -2.21. The minimum atomic E-state index is -0.716. The van der Waals surface area contributed by atoms with Crippen molar-refractivity contribution in [1.29, 1.82) is 0 Å². The fourth-order valence-electron chi connectivity index (χ4n) is 3.54. The zero-order valence-electron chi connectivity index (χ0n) is 17.9. The van der Waals surface area contributed by atoms with Crippen molar-refractivity contribution < 1.29 is 14.4 Å². The molecule has 34 heavy (non-hydrogen) atoms. The van der Waals surface area contributed by atoms with Crippen LogP contribution in [0, 0.1) is 0 Å². The summed E-state index contributed by atoms with van der Waals surface area (Å²) < 4.78 is 0. The summed E-state index contributed by atoms with van der Waals surface area (Å²) in [6, 6.07) is 20.4. The zero-order valence-corrected chi connectivity index (χ0v) is 20.2. The van der Waals surface area contributed by atoms with Gasteiger partial charge in [-0.15, -0.1) is 0 Å². The van der Waals surface area contributed by atoms with Gasteiger partial charge in [0.15, 0.2) is 0 Å². The largest absolute Gasteiger partial charge is 0.350 e. The molecular weight excluding hydrogens is 497 g/mol. The first-order valence-corrected chi connectivity index (χ1v) is 11.4. The molecular formula is C25H18Cl3N3O3. The average molecular weight is 515 g/mol. The van der Waals surface area contributed by atoms with Gasteiger partial charge in [0.1, 0.15) is 10.7 Å². The van der Waals surface area contributed by atoms with Crippen LogP contribution in [0.4, 0.5) is 17.1 Å². The van der Waals surface area contributed by atoms with E-state index < -0.39 is 11.8 Å². The van der Waals surface area contributed by atoms with Crippen LogP contribution < -0.4 is 15.1 Å². The molecule has 0 aliphatic carbocycles. The van der Waals surface area contributed by atoms with E-state index in [9.17, 15) is 14.4 Å². The first kappa shape index (κ1) is 23.8. The number of anilines is 3. The number of nitrogens with zero attached hydrogens (tertiary/aromatic N) is 2. The number of carbonyl (C=O) groups is 3. The Morgan fingerprint density at radius 3 is 2.24 bits per heavy atom. The first-order valence-electron chi connectivity index (χ1n) is 10.3. The Bertz CT molecular complexity index is 1310. The molecule has 0 atom stereocenters. The predicted molar refractivity (Wildman–Crippen MR) is 136 cm³/mol. The van der Waals surface area contributed by atoms with Gasteiger partial charge in [0.2, 0.25) is 0 Å². The van der Waals surface area contributed by atoms with E-state index in [2.05, 4.69) is 5.32 Å². The summed E-state index contributed by atoms with van der Waals surface area (Å²) in [6.45, 7) is 2.40. The van der Waals surface area contributed by atoms with Crippen molar-refractivity contribution in [3.8, 4) is 0 Å². The molecule has 0 fully saturated rings. The highest BCUT2D eigenvalue weighted by Crippen LogP contribution is 2.35. The molecule has 0 aromatic heterocycles. The summed E-state index contributed by atoms with van der Waals surface area (Å²) in [7, 11) is 0. The monoisotopic (exact) mass is 513 g/mol. The highest BCUT2D eigenvalue weighted by atomic mass is 35.5. The number of hydrogen-bond donors (Lipinski definition) is 1. The van der Waals surface area contributed by atoms with Crippen LogP contribution in [-0.4, -0.2) is 24.3 Å². The maximum atomic E-state index is 13.0. The van der Waals surface area contributed by atoms with Crippen molar-refractivity contribution >= 4 is 69.6 Å². The van der Waals surface area contributed by atoms with Crippen LogP contribution in [0.3, 0.4) is 0 Å². The Balaban J connectivity index is 1.54. The number of benzene rings is 3. The molecule has 6 nitrogen and oxygen atoms in total. The van der Waals surface area contributed by atoms with Crippen molar-refractivity contribution in [2.45, 2.75) is 6.92 Å². The second-order valence-electron chi connectivity index (χ2n) is 7.32. The summed E-state index contributed by atoms with van der Waals surface area (Å²) in [5.41, 5.74) is 1.79. The maximum absolute atomic E-state index is 13.0. The lowest BCUT2D eigenvalue weighted by molar-refractivity contribution is -0.120. The molecule has 4 rings (SSSR count). The standard InChI is InChI=1S/C25H18Cl3N3O3/c1-2-30(18-6-4-3-5-7-18)23(32)15-8-11-17(12-9-15)29-22-21(28)24(33)31(25(22)34)20-14-16(26)10-13-19(20)27/h3-14,29H,2H2,1H3. The van der Waals surface area contributed by atoms with E-state index in [4.69, 9.17) is 34.8 Å². The van der Waals surface area contributed by atoms with Crippen LogP contribution in [0.25, 0.3) is 0 Å². The van der Waals surface area contributed by atoms with Crippen molar-refractivity contribution in [3.05, 3.63) is 99.1 Å². The smallest absolute Gasteiger partial charge is 0.283 e. The Morgan fingerprint density at radius 1 is 0.912 bits per heavy atom.